The van der Waals surface area contributed by atoms with Crippen LogP contribution in [0.15, 0.2) is 24.3 Å². The molecule has 0 atom stereocenters. The van der Waals surface area contributed by atoms with Gasteiger partial charge in [0.15, 0.2) is 0 Å². The summed E-state index contributed by atoms with van der Waals surface area (Å²) in [6, 6.07) is 8.51. The molecular weight excluding hydrogens is 332 g/mol. The third kappa shape index (κ3) is 7.45. The van der Waals surface area contributed by atoms with Crippen LogP contribution in [0.2, 0.25) is 0 Å². The Morgan fingerprint density at radius 1 is 0.852 bits per heavy atom. The van der Waals surface area contributed by atoms with Crippen LogP contribution in [0.1, 0.15) is 82.4 Å². The molecule has 1 heterocycles. The Kier molecular flexibility index (Phi) is 10.1. The van der Waals surface area contributed by atoms with Gasteiger partial charge in [-0.25, -0.2) is 4.68 Å². The number of unbranched alkanes of at least 4 members (excludes halogenated alkanes) is 9. The lowest BCUT2D eigenvalue weighted by molar-refractivity contribution is 0.497. The molecule has 4 nitrogen and oxygen atoms in total. The van der Waals surface area contributed by atoms with Gasteiger partial charge in [0.2, 0.25) is 0 Å². The molecule has 0 spiro atoms. The molecule has 1 aromatic carbocycles. The Balaban J connectivity index is 1.75. The second kappa shape index (κ2) is 12.7. The molecule has 1 aromatic heterocycles. The van der Waals surface area contributed by atoms with E-state index >= 15 is 0 Å². The van der Waals surface area contributed by atoms with E-state index in [0.717, 1.165) is 24.2 Å². The van der Waals surface area contributed by atoms with Crippen LogP contribution in [0.5, 0.6) is 0 Å². The molecule has 4 heteroatoms. The zero-order valence-electron chi connectivity index (χ0n) is 17.4. The zero-order chi connectivity index (χ0) is 19.3. The van der Waals surface area contributed by atoms with Gasteiger partial charge in [-0.05, 0) is 19.9 Å². The van der Waals surface area contributed by atoms with Crippen LogP contribution < -0.4 is 5.73 Å². The number of benzene rings is 1. The Morgan fingerprint density at radius 2 is 1.44 bits per heavy atom. The highest BCUT2D eigenvalue weighted by Gasteiger charge is 2.13. The molecule has 0 saturated carbocycles. The fourth-order valence-corrected chi connectivity index (χ4v) is 3.58. The van der Waals surface area contributed by atoms with Gasteiger partial charge in [0, 0.05) is 18.5 Å². The van der Waals surface area contributed by atoms with Gasteiger partial charge in [0.05, 0.1) is 5.69 Å². The average molecular weight is 371 g/mol. The minimum Gasteiger partial charge on any atom is -0.330 e. The largest absolute Gasteiger partial charge is 0.330 e. The minimum absolute atomic E-state index is 0.629. The normalized spacial score (nSPS) is 11.2. The van der Waals surface area contributed by atoms with Crippen molar-refractivity contribution in [1.82, 2.24) is 15.0 Å². The van der Waals surface area contributed by atoms with Crippen molar-refractivity contribution in [3.05, 3.63) is 35.5 Å². The van der Waals surface area contributed by atoms with E-state index in [0.29, 0.717) is 6.54 Å². The lowest BCUT2D eigenvalue weighted by Gasteiger charge is -2.08. The molecule has 0 unspecified atom stereocenters. The van der Waals surface area contributed by atoms with Crippen LogP contribution in [0.25, 0.3) is 11.3 Å². The maximum atomic E-state index is 5.84. The molecule has 2 aromatic rings. The molecule has 150 valence electrons. The predicted molar refractivity (Wildman–Crippen MR) is 115 cm³/mol. The number of rotatable bonds is 14. The topological polar surface area (TPSA) is 56.7 Å². The van der Waals surface area contributed by atoms with Crippen LogP contribution in [0.3, 0.4) is 0 Å². The zero-order valence-corrected chi connectivity index (χ0v) is 17.4. The summed E-state index contributed by atoms with van der Waals surface area (Å²) in [7, 11) is 0. The van der Waals surface area contributed by atoms with E-state index in [1.807, 2.05) is 0 Å². The Hall–Kier alpha value is -1.68. The molecule has 2 N–H and O–H groups in total. The number of nitrogens with zero attached hydrogens (tertiary/aromatic N) is 3. The quantitative estimate of drug-likeness (QED) is 0.435. The SMILES string of the molecule is CCCCCCCCCCCCn1nnc(-c2ccc(C)cc2)c1CCN. The van der Waals surface area contributed by atoms with Gasteiger partial charge >= 0.3 is 0 Å². The number of aromatic nitrogens is 3. The number of hydrogen-bond donors (Lipinski definition) is 1. The first kappa shape index (κ1) is 21.6. The van der Waals surface area contributed by atoms with Crippen molar-refractivity contribution in [3.63, 3.8) is 0 Å². The van der Waals surface area contributed by atoms with E-state index < -0.39 is 0 Å². The summed E-state index contributed by atoms with van der Waals surface area (Å²) in [5, 5.41) is 8.88. The van der Waals surface area contributed by atoms with Crippen molar-refractivity contribution >= 4 is 0 Å². The maximum absolute atomic E-state index is 5.84. The number of aryl methyl sites for hydroxylation is 2. The van der Waals surface area contributed by atoms with Crippen molar-refractivity contribution in [1.29, 1.82) is 0 Å². The summed E-state index contributed by atoms with van der Waals surface area (Å²) in [4.78, 5) is 0. The molecule has 0 aliphatic carbocycles. The van der Waals surface area contributed by atoms with Crippen LogP contribution in [0.4, 0.5) is 0 Å². The first-order chi connectivity index (χ1) is 13.3. The smallest absolute Gasteiger partial charge is 0.116 e. The van der Waals surface area contributed by atoms with Gasteiger partial charge in [0.1, 0.15) is 5.69 Å². The van der Waals surface area contributed by atoms with Crippen molar-refractivity contribution in [2.75, 3.05) is 6.54 Å². The second-order valence-electron chi connectivity index (χ2n) is 7.69. The Bertz CT molecular complexity index is 630. The molecule has 0 radical (unpaired) electrons. The fraction of sp³-hybridized carbons (Fsp3) is 0.652. The summed E-state index contributed by atoms with van der Waals surface area (Å²) >= 11 is 0. The van der Waals surface area contributed by atoms with E-state index in [1.54, 1.807) is 0 Å². The fourth-order valence-electron chi connectivity index (χ4n) is 3.58. The maximum Gasteiger partial charge on any atom is 0.116 e. The van der Waals surface area contributed by atoms with E-state index in [4.69, 9.17) is 5.73 Å². The minimum atomic E-state index is 0.629. The summed E-state index contributed by atoms with van der Waals surface area (Å²) in [5.74, 6) is 0. The van der Waals surface area contributed by atoms with Crippen molar-refractivity contribution < 1.29 is 0 Å². The van der Waals surface area contributed by atoms with Crippen molar-refractivity contribution in [2.45, 2.75) is 91.0 Å². The molecule has 0 aliphatic rings. The van der Waals surface area contributed by atoms with E-state index in [9.17, 15) is 0 Å². The van der Waals surface area contributed by atoms with Crippen LogP contribution >= 0.6 is 0 Å². The highest BCUT2D eigenvalue weighted by atomic mass is 15.4. The molecule has 0 amide bonds. The second-order valence-corrected chi connectivity index (χ2v) is 7.69. The first-order valence-corrected chi connectivity index (χ1v) is 11.0. The number of hydrogen-bond acceptors (Lipinski definition) is 3. The Morgan fingerprint density at radius 3 is 2.04 bits per heavy atom. The third-order valence-electron chi connectivity index (χ3n) is 5.27. The van der Waals surface area contributed by atoms with Gasteiger partial charge in [-0.2, -0.15) is 0 Å². The summed E-state index contributed by atoms with van der Waals surface area (Å²) in [5.41, 5.74) is 10.4. The molecular formula is C23H38N4. The van der Waals surface area contributed by atoms with E-state index in [1.165, 1.54) is 75.5 Å². The lowest BCUT2D eigenvalue weighted by Crippen LogP contribution is -2.11. The highest BCUT2D eigenvalue weighted by molar-refractivity contribution is 5.61. The molecule has 0 saturated heterocycles. The lowest BCUT2D eigenvalue weighted by atomic mass is 10.1. The first-order valence-electron chi connectivity index (χ1n) is 11.0. The predicted octanol–water partition coefficient (Wildman–Crippen LogP) is 5.68. The average Bonchev–Trinajstić information content (AvgIpc) is 3.07. The molecule has 0 aliphatic heterocycles. The molecule has 27 heavy (non-hydrogen) atoms. The van der Waals surface area contributed by atoms with Gasteiger partial charge < -0.3 is 5.73 Å². The molecule has 0 bridgehead atoms. The van der Waals surface area contributed by atoms with E-state index in [2.05, 4.69) is 53.1 Å². The van der Waals surface area contributed by atoms with Crippen LogP contribution in [-0.4, -0.2) is 21.5 Å². The molecule has 2 rings (SSSR count). The number of nitrogens with two attached hydrogens (primary N) is 1. The van der Waals surface area contributed by atoms with Crippen LogP contribution in [-0.2, 0) is 13.0 Å². The van der Waals surface area contributed by atoms with Gasteiger partial charge in [-0.15, -0.1) is 5.10 Å². The summed E-state index contributed by atoms with van der Waals surface area (Å²) < 4.78 is 2.08. The highest BCUT2D eigenvalue weighted by Crippen LogP contribution is 2.22. The van der Waals surface area contributed by atoms with Crippen LogP contribution in [0, 0.1) is 6.92 Å². The third-order valence-corrected chi connectivity index (χ3v) is 5.27. The summed E-state index contributed by atoms with van der Waals surface area (Å²) in [6.45, 7) is 5.96. The summed E-state index contributed by atoms with van der Waals surface area (Å²) in [6.07, 6.45) is 14.3. The Labute approximate surface area is 165 Å². The van der Waals surface area contributed by atoms with Crippen molar-refractivity contribution in [3.8, 4) is 11.3 Å². The van der Waals surface area contributed by atoms with Crippen molar-refractivity contribution in [2.24, 2.45) is 5.73 Å². The van der Waals surface area contributed by atoms with E-state index in [-0.39, 0.29) is 0 Å². The molecule has 0 fully saturated rings. The van der Waals surface area contributed by atoms with Gasteiger partial charge in [0.25, 0.3) is 0 Å². The monoisotopic (exact) mass is 370 g/mol. The standard InChI is InChI=1S/C23H38N4/c1-3-4-5-6-7-8-9-10-11-12-19-27-22(17-18-24)23(25-26-27)21-15-13-20(2)14-16-21/h13-16H,3-12,17-19,24H2,1-2H3. The van der Waals surface area contributed by atoms with Gasteiger partial charge in [-0.3, -0.25) is 0 Å². The van der Waals surface area contributed by atoms with Gasteiger partial charge in [-0.1, -0.05) is 99.8 Å².